The molecule has 1 aromatic heterocycles. The number of nitrogens with zero attached hydrogens (tertiary/aromatic N) is 2. The average molecular weight is 193 g/mol. The van der Waals surface area contributed by atoms with E-state index in [-0.39, 0.29) is 0 Å². The van der Waals surface area contributed by atoms with Gasteiger partial charge in [-0.1, -0.05) is 6.42 Å². The van der Waals surface area contributed by atoms with Crippen molar-refractivity contribution in [3.63, 3.8) is 0 Å². The van der Waals surface area contributed by atoms with Gasteiger partial charge in [0.2, 0.25) is 0 Å². The summed E-state index contributed by atoms with van der Waals surface area (Å²) in [4.78, 5) is 0. The molecule has 2 unspecified atom stereocenters. The Kier molecular flexibility index (Phi) is 2.87. The van der Waals surface area contributed by atoms with Gasteiger partial charge in [0.05, 0.1) is 6.20 Å². The van der Waals surface area contributed by atoms with E-state index in [2.05, 4.69) is 18.2 Å². The molecule has 14 heavy (non-hydrogen) atoms. The lowest BCUT2D eigenvalue weighted by Gasteiger charge is -2.13. The summed E-state index contributed by atoms with van der Waals surface area (Å²) in [7, 11) is 0. The average Bonchev–Trinajstić information content (AvgIpc) is 2.77. The number of rotatable bonds is 3. The normalized spacial score (nSPS) is 27.0. The topological polar surface area (TPSA) is 43.8 Å². The first-order valence-corrected chi connectivity index (χ1v) is 5.56. The molecule has 1 aliphatic carbocycles. The quantitative estimate of drug-likeness (QED) is 0.792. The second-order valence-electron chi connectivity index (χ2n) is 4.26. The molecule has 1 saturated carbocycles. The third-order valence-corrected chi connectivity index (χ3v) is 3.23. The molecular weight excluding hydrogens is 174 g/mol. The lowest BCUT2D eigenvalue weighted by molar-refractivity contribution is 0.478. The van der Waals surface area contributed by atoms with Gasteiger partial charge in [0, 0.05) is 18.8 Å². The highest BCUT2D eigenvalue weighted by Gasteiger charge is 2.24. The van der Waals surface area contributed by atoms with E-state index in [0.29, 0.717) is 12.0 Å². The Balaban J connectivity index is 1.96. The third kappa shape index (κ3) is 1.98. The van der Waals surface area contributed by atoms with Crippen molar-refractivity contribution >= 4 is 0 Å². The van der Waals surface area contributed by atoms with Gasteiger partial charge in [0.15, 0.2) is 0 Å². The summed E-state index contributed by atoms with van der Waals surface area (Å²) in [5, 5.41) is 4.28. The molecule has 3 heteroatoms. The standard InChI is InChI=1S/C11H19N3/c1-2-14-8-9(7-13-14)6-10-4-3-5-11(10)12/h7-8,10-11H,2-6,12H2,1H3. The Morgan fingerprint density at radius 3 is 3.00 bits per heavy atom. The van der Waals surface area contributed by atoms with Crippen LogP contribution < -0.4 is 5.73 Å². The van der Waals surface area contributed by atoms with Crippen molar-refractivity contribution in [3.8, 4) is 0 Å². The predicted molar refractivity (Wildman–Crippen MR) is 56.9 cm³/mol. The fraction of sp³-hybridized carbons (Fsp3) is 0.727. The van der Waals surface area contributed by atoms with Crippen molar-refractivity contribution in [2.75, 3.05) is 0 Å². The Labute approximate surface area is 85.3 Å². The van der Waals surface area contributed by atoms with Crippen LogP contribution >= 0.6 is 0 Å². The predicted octanol–water partition coefficient (Wildman–Crippen LogP) is 1.57. The van der Waals surface area contributed by atoms with Crippen LogP contribution in [-0.4, -0.2) is 15.8 Å². The fourth-order valence-electron chi connectivity index (χ4n) is 2.31. The highest BCUT2D eigenvalue weighted by Crippen LogP contribution is 2.27. The van der Waals surface area contributed by atoms with Crippen molar-refractivity contribution in [2.24, 2.45) is 11.7 Å². The van der Waals surface area contributed by atoms with Crippen molar-refractivity contribution in [1.82, 2.24) is 9.78 Å². The molecule has 3 nitrogen and oxygen atoms in total. The molecule has 1 aromatic rings. The lowest BCUT2D eigenvalue weighted by atomic mass is 9.97. The molecule has 1 heterocycles. The van der Waals surface area contributed by atoms with Crippen LogP contribution in [0.5, 0.6) is 0 Å². The van der Waals surface area contributed by atoms with Gasteiger partial charge in [-0.05, 0) is 37.7 Å². The summed E-state index contributed by atoms with van der Waals surface area (Å²) >= 11 is 0. The van der Waals surface area contributed by atoms with Crippen molar-refractivity contribution < 1.29 is 0 Å². The van der Waals surface area contributed by atoms with Gasteiger partial charge in [-0.25, -0.2) is 0 Å². The van der Waals surface area contributed by atoms with Crippen LogP contribution in [0.4, 0.5) is 0 Å². The van der Waals surface area contributed by atoms with E-state index in [0.717, 1.165) is 13.0 Å². The van der Waals surface area contributed by atoms with Crippen molar-refractivity contribution in [2.45, 2.75) is 45.2 Å². The minimum absolute atomic E-state index is 0.417. The van der Waals surface area contributed by atoms with Crippen LogP contribution in [0.1, 0.15) is 31.7 Å². The minimum atomic E-state index is 0.417. The number of hydrogen-bond donors (Lipinski definition) is 1. The van der Waals surface area contributed by atoms with Gasteiger partial charge in [0.1, 0.15) is 0 Å². The lowest BCUT2D eigenvalue weighted by Crippen LogP contribution is -2.25. The summed E-state index contributed by atoms with van der Waals surface area (Å²) in [6.07, 6.45) is 9.03. The van der Waals surface area contributed by atoms with Gasteiger partial charge >= 0.3 is 0 Å². The maximum Gasteiger partial charge on any atom is 0.0521 e. The largest absolute Gasteiger partial charge is 0.327 e. The summed E-state index contributed by atoms with van der Waals surface area (Å²) in [5.74, 6) is 0.685. The van der Waals surface area contributed by atoms with Crippen molar-refractivity contribution in [3.05, 3.63) is 18.0 Å². The van der Waals surface area contributed by atoms with E-state index >= 15 is 0 Å². The number of aryl methyl sites for hydroxylation is 1. The number of nitrogens with two attached hydrogens (primary N) is 1. The molecule has 0 spiro atoms. The maximum absolute atomic E-state index is 6.04. The molecule has 2 rings (SSSR count). The Bertz CT molecular complexity index is 292. The van der Waals surface area contributed by atoms with Crippen LogP contribution in [0.15, 0.2) is 12.4 Å². The molecule has 0 aromatic carbocycles. The molecule has 2 N–H and O–H groups in total. The minimum Gasteiger partial charge on any atom is -0.327 e. The SMILES string of the molecule is CCn1cc(CC2CCCC2N)cn1. The van der Waals surface area contributed by atoms with E-state index in [4.69, 9.17) is 5.73 Å². The summed E-state index contributed by atoms with van der Waals surface area (Å²) in [6.45, 7) is 3.06. The second-order valence-corrected chi connectivity index (χ2v) is 4.26. The van der Waals surface area contributed by atoms with Crippen LogP contribution in [0, 0.1) is 5.92 Å². The van der Waals surface area contributed by atoms with Gasteiger partial charge < -0.3 is 5.73 Å². The zero-order chi connectivity index (χ0) is 9.97. The van der Waals surface area contributed by atoms with E-state index in [1.807, 2.05) is 10.9 Å². The van der Waals surface area contributed by atoms with E-state index in [1.165, 1.54) is 24.8 Å². The number of aromatic nitrogens is 2. The molecule has 0 aliphatic heterocycles. The van der Waals surface area contributed by atoms with E-state index in [9.17, 15) is 0 Å². The second kappa shape index (κ2) is 4.13. The summed E-state index contributed by atoms with van der Waals surface area (Å²) in [5.41, 5.74) is 7.38. The van der Waals surface area contributed by atoms with E-state index < -0.39 is 0 Å². The molecule has 78 valence electrons. The summed E-state index contributed by atoms with van der Waals surface area (Å²) < 4.78 is 1.98. The summed E-state index contributed by atoms with van der Waals surface area (Å²) in [6, 6.07) is 0.417. The first-order chi connectivity index (χ1) is 6.79. The van der Waals surface area contributed by atoms with Gasteiger partial charge in [-0.2, -0.15) is 5.10 Å². The van der Waals surface area contributed by atoms with Crippen LogP contribution in [0.25, 0.3) is 0 Å². The van der Waals surface area contributed by atoms with Crippen LogP contribution in [0.2, 0.25) is 0 Å². The Hall–Kier alpha value is -0.830. The zero-order valence-electron chi connectivity index (χ0n) is 8.82. The molecule has 0 saturated heterocycles. The highest BCUT2D eigenvalue weighted by molar-refractivity contribution is 5.06. The highest BCUT2D eigenvalue weighted by atomic mass is 15.3. The van der Waals surface area contributed by atoms with E-state index in [1.54, 1.807) is 0 Å². The fourth-order valence-corrected chi connectivity index (χ4v) is 2.31. The molecule has 0 amide bonds. The molecule has 2 atom stereocenters. The van der Waals surface area contributed by atoms with Crippen molar-refractivity contribution in [1.29, 1.82) is 0 Å². The maximum atomic E-state index is 6.04. The monoisotopic (exact) mass is 193 g/mol. The first kappa shape index (κ1) is 9.71. The third-order valence-electron chi connectivity index (χ3n) is 3.23. The van der Waals surface area contributed by atoms with Crippen LogP contribution in [-0.2, 0) is 13.0 Å². The van der Waals surface area contributed by atoms with Gasteiger partial charge in [-0.15, -0.1) is 0 Å². The Morgan fingerprint density at radius 1 is 1.57 bits per heavy atom. The van der Waals surface area contributed by atoms with Gasteiger partial charge in [0.25, 0.3) is 0 Å². The smallest absolute Gasteiger partial charge is 0.0521 e. The van der Waals surface area contributed by atoms with Gasteiger partial charge in [-0.3, -0.25) is 4.68 Å². The number of hydrogen-bond acceptors (Lipinski definition) is 2. The molecule has 1 fully saturated rings. The Morgan fingerprint density at radius 2 is 2.43 bits per heavy atom. The molecule has 1 aliphatic rings. The molecular formula is C11H19N3. The first-order valence-electron chi connectivity index (χ1n) is 5.56. The zero-order valence-corrected chi connectivity index (χ0v) is 8.82. The molecule has 0 radical (unpaired) electrons. The van der Waals surface area contributed by atoms with Crippen LogP contribution in [0.3, 0.4) is 0 Å². The molecule has 0 bridgehead atoms.